The summed E-state index contributed by atoms with van der Waals surface area (Å²) >= 11 is 11.7. The number of amidine groups is 1. The number of rotatable bonds is 2. The Hall–Kier alpha value is -1.31. The van der Waals surface area contributed by atoms with Gasteiger partial charge in [0.2, 0.25) is 0 Å². The highest BCUT2D eigenvalue weighted by Crippen LogP contribution is 2.13. The van der Waals surface area contributed by atoms with Gasteiger partial charge < -0.3 is 14.2 Å². The second-order valence-electron chi connectivity index (χ2n) is 4.12. The molecule has 1 saturated heterocycles. The quantitative estimate of drug-likeness (QED) is 0.512. The minimum Gasteiger partial charge on any atom is -0.378 e. The summed E-state index contributed by atoms with van der Waals surface area (Å²) in [6.45, 7) is 3.99. The average Bonchev–Trinajstić information content (AvgIpc) is 2.82. The van der Waals surface area contributed by atoms with Crippen molar-refractivity contribution in [2.24, 2.45) is 4.99 Å². The van der Waals surface area contributed by atoms with Crippen LogP contribution in [0.2, 0.25) is 0 Å². The van der Waals surface area contributed by atoms with E-state index in [1.54, 1.807) is 13.0 Å². The van der Waals surface area contributed by atoms with Crippen molar-refractivity contribution in [1.29, 1.82) is 0 Å². The molecule has 1 aliphatic rings. The molecule has 0 aliphatic carbocycles. The van der Waals surface area contributed by atoms with Crippen molar-refractivity contribution < 1.29 is 14.1 Å². The molecular weight excluding hydrogens is 307 g/mol. The van der Waals surface area contributed by atoms with Gasteiger partial charge in [-0.3, -0.25) is 5.32 Å². The van der Waals surface area contributed by atoms with Crippen LogP contribution in [0.15, 0.2) is 15.6 Å². The summed E-state index contributed by atoms with van der Waals surface area (Å²) < 4.78 is 10.1. The molecule has 1 aromatic heterocycles. The fourth-order valence-corrected chi connectivity index (χ4v) is 2.09. The van der Waals surface area contributed by atoms with Crippen LogP contribution in [0.1, 0.15) is 5.76 Å². The summed E-state index contributed by atoms with van der Waals surface area (Å²) in [5.41, 5.74) is 0. The Labute approximate surface area is 125 Å². The van der Waals surface area contributed by atoms with Crippen LogP contribution in [-0.4, -0.2) is 53.1 Å². The predicted molar refractivity (Wildman–Crippen MR) is 75.6 cm³/mol. The van der Waals surface area contributed by atoms with Gasteiger partial charge in [0.25, 0.3) is 0 Å². The van der Waals surface area contributed by atoms with E-state index in [0.29, 0.717) is 43.7 Å². The van der Waals surface area contributed by atoms with Crippen LogP contribution in [0, 0.1) is 6.92 Å². The number of hydrogen-bond donors (Lipinski definition) is 1. The first-order chi connectivity index (χ1) is 9.56. The lowest BCUT2D eigenvalue weighted by Gasteiger charge is -2.30. The van der Waals surface area contributed by atoms with Crippen LogP contribution in [0.3, 0.4) is 0 Å². The van der Waals surface area contributed by atoms with Crippen molar-refractivity contribution in [3.63, 3.8) is 0 Å². The van der Waals surface area contributed by atoms with Crippen molar-refractivity contribution in [3.8, 4) is 0 Å². The fourth-order valence-electron chi connectivity index (χ4n) is 1.72. The molecule has 1 aromatic rings. The predicted octanol–water partition coefficient (Wildman–Crippen LogP) is 2.05. The van der Waals surface area contributed by atoms with Gasteiger partial charge in [-0.2, -0.15) is 4.99 Å². The van der Waals surface area contributed by atoms with Crippen LogP contribution in [0.5, 0.6) is 0 Å². The molecule has 2 rings (SSSR count). The lowest BCUT2D eigenvalue weighted by molar-refractivity contribution is 0.0677. The number of amides is 2. The highest BCUT2D eigenvalue weighted by atomic mass is 35.5. The van der Waals surface area contributed by atoms with Gasteiger partial charge in [-0.25, -0.2) is 4.79 Å². The number of nitrogens with zero attached hydrogens (tertiary/aromatic N) is 3. The van der Waals surface area contributed by atoms with Gasteiger partial charge in [0.15, 0.2) is 10.7 Å². The van der Waals surface area contributed by atoms with E-state index in [0.717, 1.165) is 0 Å². The molecule has 1 aliphatic heterocycles. The maximum absolute atomic E-state index is 11.8. The van der Waals surface area contributed by atoms with E-state index in [9.17, 15) is 4.79 Å². The highest BCUT2D eigenvalue weighted by Gasteiger charge is 2.22. The second-order valence-corrected chi connectivity index (χ2v) is 5.22. The molecule has 0 spiro atoms. The van der Waals surface area contributed by atoms with Crippen molar-refractivity contribution in [2.45, 2.75) is 11.8 Å². The Bertz CT molecular complexity index is 498. The first-order valence-corrected chi connectivity index (χ1v) is 6.87. The second kappa shape index (κ2) is 6.92. The van der Waals surface area contributed by atoms with Gasteiger partial charge in [0, 0.05) is 19.2 Å². The Kier molecular flexibility index (Phi) is 5.22. The number of carbonyl (C=O) groups is 1. The molecule has 0 saturated carbocycles. The summed E-state index contributed by atoms with van der Waals surface area (Å²) in [5, 5.41) is 6.13. The van der Waals surface area contributed by atoms with Gasteiger partial charge >= 0.3 is 6.03 Å². The van der Waals surface area contributed by atoms with E-state index in [2.05, 4.69) is 15.5 Å². The minimum atomic E-state index is -0.891. The van der Waals surface area contributed by atoms with Gasteiger partial charge in [0.05, 0.1) is 13.2 Å². The number of aryl methyl sites for hydroxylation is 1. The van der Waals surface area contributed by atoms with Gasteiger partial charge in [-0.15, -0.1) is 0 Å². The largest absolute Gasteiger partial charge is 0.378 e. The first-order valence-electron chi connectivity index (χ1n) is 6.00. The Balaban J connectivity index is 2.05. The van der Waals surface area contributed by atoms with Crippen molar-refractivity contribution in [3.05, 3.63) is 11.8 Å². The Morgan fingerprint density at radius 1 is 1.50 bits per heavy atom. The molecule has 0 atom stereocenters. The summed E-state index contributed by atoms with van der Waals surface area (Å²) in [4.78, 5) is 16.6. The maximum atomic E-state index is 11.8. The normalized spacial score (nSPS) is 16.6. The number of aromatic nitrogens is 1. The highest BCUT2D eigenvalue weighted by molar-refractivity contribution is 6.54. The number of ether oxygens (including phenoxy) is 1. The molecule has 0 radical (unpaired) electrons. The van der Waals surface area contributed by atoms with E-state index in [4.69, 9.17) is 32.5 Å². The van der Waals surface area contributed by atoms with E-state index in [-0.39, 0.29) is 0 Å². The minimum absolute atomic E-state index is 0.290. The zero-order valence-corrected chi connectivity index (χ0v) is 12.3. The van der Waals surface area contributed by atoms with Gasteiger partial charge in [-0.05, 0) is 6.92 Å². The monoisotopic (exact) mass is 320 g/mol. The van der Waals surface area contributed by atoms with Crippen molar-refractivity contribution in [2.75, 3.05) is 31.6 Å². The van der Waals surface area contributed by atoms with Crippen LogP contribution in [0.4, 0.5) is 10.6 Å². The third kappa shape index (κ3) is 4.09. The number of nitrogens with one attached hydrogen (secondary N) is 1. The average molecular weight is 321 g/mol. The van der Waals surface area contributed by atoms with E-state index >= 15 is 0 Å². The van der Waals surface area contributed by atoms with Crippen molar-refractivity contribution in [1.82, 2.24) is 10.1 Å². The smallest absolute Gasteiger partial charge is 0.348 e. The lowest BCUT2D eigenvalue weighted by atomic mass is 10.4. The Morgan fingerprint density at radius 3 is 2.75 bits per heavy atom. The topological polar surface area (TPSA) is 80.0 Å². The van der Waals surface area contributed by atoms with E-state index in [1.165, 1.54) is 0 Å². The first kappa shape index (κ1) is 15.1. The number of urea groups is 1. The van der Waals surface area contributed by atoms with Gasteiger partial charge in [0.1, 0.15) is 11.6 Å². The van der Waals surface area contributed by atoms with Crippen LogP contribution >= 0.6 is 23.2 Å². The molecule has 2 amide bonds. The number of alkyl halides is 2. The zero-order chi connectivity index (χ0) is 14.5. The zero-order valence-electron chi connectivity index (χ0n) is 10.8. The third-order valence-electron chi connectivity index (χ3n) is 2.61. The number of halogens is 2. The SMILES string of the molecule is Cc1cc(NC(=O)/N=C(\C(Cl)Cl)N2CCOCC2)no1. The molecule has 0 aromatic carbocycles. The van der Waals surface area contributed by atoms with Gasteiger partial charge in [-0.1, -0.05) is 28.4 Å². The molecule has 110 valence electrons. The molecule has 1 fully saturated rings. The van der Waals surface area contributed by atoms with Crippen LogP contribution in [-0.2, 0) is 4.74 Å². The number of hydrogen-bond acceptors (Lipinski definition) is 4. The van der Waals surface area contributed by atoms with E-state index < -0.39 is 10.9 Å². The molecule has 0 bridgehead atoms. The standard InChI is InChI=1S/C11H14Cl2N4O3/c1-7-6-8(16-20-7)14-11(18)15-10(9(12)13)17-2-4-19-5-3-17/h6,9H,2-5H2,1H3,(H,14,16,18)/b15-10+. The molecular formula is C11H14Cl2N4O3. The number of morpholine rings is 1. The number of aliphatic imine (C=N–C) groups is 1. The molecule has 7 nitrogen and oxygen atoms in total. The summed E-state index contributed by atoms with van der Waals surface area (Å²) in [5.74, 6) is 1.18. The lowest BCUT2D eigenvalue weighted by Crippen LogP contribution is -2.43. The summed E-state index contributed by atoms with van der Waals surface area (Å²) in [6, 6.07) is 0.979. The molecule has 20 heavy (non-hydrogen) atoms. The summed E-state index contributed by atoms with van der Waals surface area (Å²) in [6.07, 6.45) is 0. The van der Waals surface area contributed by atoms with Crippen LogP contribution < -0.4 is 5.32 Å². The van der Waals surface area contributed by atoms with Crippen LogP contribution in [0.25, 0.3) is 0 Å². The third-order valence-corrected chi connectivity index (χ3v) is 3.00. The Morgan fingerprint density at radius 2 is 2.20 bits per heavy atom. The fraction of sp³-hybridized carbons (Fsp3) is 0.545. The number of anilines is 1. The maximum Gasteiger partial charge on any atom is 0.348 e. The molecule has 1 N–H and O–H groups in total. The molecule has 0 unspecified atom stereocenters. The number of carbonyl (C=O) groups excluding carboxylic acids is 1. The van der Waals surface area contributed by atoms with E-state index in [1.807, 2.05) is 4.90 Å². The molecule has 9 heteroatoms. The summed E-state index contributed by atoms with van der Waals surface area (Å²) in [7, 11) is 0. The molecule has 2 heterocycles. The van der Waals surface area contributed by atoms with Crippen molar-refractivity contribution >= 4 is 40.9 Å².